The van der Waals surface area contributed by atoms with Crippen LogP contribution in [-0.2, 0) is 4.79 Å². The molecule has 2 aromatic carbocycles. The predicted octanol–water partition coefficient (Wildman–Crippen LogP) is 3.09. The normalized spacial score (nSPS) is 10.0. The molecule has 0 bridgehead atoms. The molecule has 1 heterocycles. The average Bonchev–Trinajstić information content (AvgIpc) is 2.61. The van der Waals surface area contributed by atoms with Crippen LogP contribution < -0.4 is 9.47 Å². The second kappa shape index (κ2) is 6.58. The molecule has 0 N–H and O–H groups in total. The van der Waals surface area contributed by atoms with Gasteiger partial charge < -0.3 is 9.47 Å². The first-order valence-electron chi connectivity index (χ1n) is 6.93. The molecule has 5 nitrogen and oxygen atoms in total. The van der Waals surface area contributed by atoms with Crippen molar-refractivity contribution in [1.29, 1.82) is 5.26 Å². The Morgan fingerprint density at radius 1 is 1.09 bits per heavy atom. The van der Waals surface area contributed by atoms with E-state index in [9.17, 15) is 4.79 Å². The molecule has 0 spiro atoms. The van der Waals surface area contributed by atoms with Crippen LogP contribution in [0.25, 0.3) is 10.9 Å². The van der Waals surface area contributed by atoms with E-state index >= 15 is 0 Å². The fourth-order valence-corrected chi connectivity index (χ4v) is 2.08. The van der Waals surface area contributed by atoms with Crippen molar-refractivity contribution in [2.75, 3.05) is 6.61 Å². The lowest BCUT2D eigenvalue weighted by atomic mass is 10.2. The molecule has 0 fully saturated rings. The monoisotopic (exact) mass is 304 g/mol. The Morgan fingerprint density at radius 3 is 2.65 bits per heavy atom. The van der Waals surface area contributed by atoms with Gasteiger partial charge in [0.2, 0.25) is 0 Å². The van der Waals surface area contributed by atoms with Crippen LogP contribution in [0.5, 0.6) is 11.5 Å². The van der Waals surface area contributed by atoms with Crippen LogP contribution in [0.4, 0.5) is 0 Å². The smallest absolute Gasteiger partial charge is 0.349 e. The van der Waals surface area contributed by atoms with Crippen LogP contribution >= 0.6 is 0 Å². The Balaban J connectivity index is 1.65. The quantitative estimate of drug-likeness (QED) is 0.547. The van der Waals surface area contributed by atoms with E-state index in [1.54, 1.807) is 42.6 Å². The van der Waals surface area contributed by atoms with E-state index in [2.05, 4.69) is 4.98 Å². The number of nitriles is 1. The van der Waals surface area contributed by atoms with E-state index in [1.165, 1.54) is 0 Å². The number of benzene rings is 2. The molecule has 23 heavy (non-hydrogen) atoms. The van der Waals surface area contributed by atoms with Gasteiger partial charge in [-0.25, -0.2) is 4.79 Å². The Bertz CT molecular complexity index is 877. The molecule has 0 aliphatic rings. The molecule has 0 saturated heterocycles. The fraction of sp³-hybridized carbons (Fsp3) is 0.0556. The Morgan fingerprint density at radius 2 is 1.87 bits per heavy atom. The van der Waals surface area contributed by atoms with Crippen molar-refractivity contribution >= 4 is 16.9 Å². The summed E-state index contributed by atoms with van der Waals surface area (Å²) in [6.45, 7) is -0.227. The standard InChI is InChI=1S/C18H12N2O3/c19-11-13-6-8-15(9-7-13)22-12-17(21)23-16-5-1-3-14-4-2-10-20-18(14)16/h1-10H,12H2. The number of rotatable bonds is 4. The van der Waals surface area contributed by atoms with Crippen molar-refractivity contribution in [3.63, 3.8) is 0 Å². The van der Waals surface area contributed by atoms with Gasteiger partial charge in [0.25, 0.3) is 0 Å². The molecule has 0 aliphatic heterocycles. The molecule has 5 heteroatoms. The summed E-state index contributed by atoms with van der Waals surface area (Å²) in [5.41, 5.74) is 1.16. The van der Waals surface area contributed by atoms with E-state index in [-0.39, 0.29) is 6.61 Å². The minimum Gasteiger partial charge on any atom is -0.482 e. The fourth-order valence-electron chi connectivity index (χ4n) is 2.08. The minimum atomic E-state index is -0.521. The number of hydrogen-bond donors (Lipinski definition) is 0. The number of carbonyl (C=O) groups excluding carboxylic acids is 1. The van der Waals surface area contributed by atoms with Crippen molar-refractivity contribution in [1.82, 2.24) is 4.98 Å². The first-order chi connectivity index (χ1) is 11.3. The highest BCUT2D eigenvalue weighted by Gasteiger charge is 2.10. The Hall–Kier alpha value is -3.39. The summed E-state index contributed by atoms with van der Waals surface area (Å²) < 4.78 is 10.7. The zero-order valence-electron chi connectivity index (χ0n) is 12.1. The van der Waals surface area contributed by atoms with Gasteiger partial charge in [-0.1, -0.05) is 18.2 Å². The first kappa shape index (κ1) is 14.5. The third kappa shape index (κ3) is 3.44. The van der Waals surface area contributed by atoms with E-state index in [0.29, 0.717) is 22.6 Å². The van der Waals surface area contributed by atoms with Crippen molar-refractivity contribution in [2.24, 2.45) is 0 Å². The van der Waals surface area contributed by atoms with Gasteiger partial charge in [-0.05, 0) is 36.4 Å². The second-order valence-electron chi connectivity index (χ2n) is 4.73. The summed E-state index contributed by atoms with van der Waals surface area (Å²) in [4.78, 5) is 16.1. The maximum atomic E-state index is 11.9. The van der Waals surface area contributed by atoms with Crippen molar-refractivity contribution in [3.05, 3.63) is 66.4 Å². The molecule has 3 rings (SSSR count). The number of ether oxygens (including phenoxy) is 2. The van der Waals surface area contributed by atoms with E-state index in [4.69, 9.17) is 14.7 Å². The number of pyridine rings is 1. The summed E-state index contributed by atoms with van der Waals surface area (Å²) in [6.07, 6.45) is 1.65. The van der Waals surface area contributed by atoms with Gasteiger partial charge in [-0.15, -0.1) is 0 Å². The molecule has 0 saturated carbocycles. The molecule has 112 valence electrons. The molecule has 3 aromatic rings. The van der Waals surface area contributed by atoms with Gasteiger partial charge in [-0.2, -0.15) is 5.26 Å². The van der Waals surface area contributed by atoms with Crippen LogP contribution in [0.3, 0.4) is 0 Å². The SMILES string of the molecule is N#Cc1ccc(OCC(=O)Oc2cccc3cccnc23)cc1. The molecule has 0 amide bonds. The largest absolute Gasteiger partial charge is 0.482 e. The van der Waals surface area contributed by atoms with E-state index < -0.39 is 5.97 Å². The molecular formula is C18H12N2O3. The zero-order valence-corrected chi connectivity index (χ0v) is 12.1. The second-order valence-corrected chi connectivity index (χ2v) is 4.73. The van der Waals surface area contributed by atoms with Gasteiger partial charge in [0, 0.05) is 11.6 Å². The maximum Gasteiger partial charge on any atom is 0.349 e. The Kier molecular flexibility index (Phi) is 4.16. The third-order valence-corrected chi connectivity index (χ3v) is 3.16. The van der Waals surface area contributed by atoms with Gasteiger partial charge in [-0.3, -0.25) is 4.98 Å². The number of fused-ring (bicyclic) bond motifs is 1. The van der Waals surface area contributed by atoms with Crippen molar-refractivity contribution in [3.8, 4) is 17.6 Å². The molecule has 0 unspecified atom stereocenters. The highest BCUT2D eigenvalue weighted by molar-refractivity contribution is 5.87. The van der Waals surface area contributed by atoms with Crippen LogP contribution in [-0.4, -0.2) is 17.6 Å². The van der Waals surface area contributed by atoms with Gasteiger partial charge in [0.05, 0.1) is 11.6 Å². The minimum absolute atomic E-state index is 0.227. The summed E-state index contributed by atoms with van der Waals surface area (Å²) in [5.74, 6) is 0.376. The van der Waals surface area contributed by atoms with Gasteiger partial charge >= 0.3 is 5.97 Å². The highest BCUT2D eigenvalue weighted by atomic mass is 16.6. The van der Waals surface area contributed by atoms with Crippen molar-refractivity contribution in [2.45, 2.75) is 0 Å². The zero-order chi connectivity index (χ0) is 16.1. The number of nitrogens with zero attached hydrogens (tertiary/aromatic N) is 2. The van der Waals surface area contributed by atoms with Crippen molar-refractivity contribution < 1.29 is 14.3 Å². The van der Waals surface area contributed by atoms with Gasteiger partial charge in [0.15, 0.2) is 12.4 Å². The van der Waals surface area contributed by atoms with Crippen LogP contribution in [0.15, 0.2) is 60.8 Å². The number of para-hydroxylation sites is 1. The molecular weight excluding hydrogens is 292 g/mol. The number of aromatic nitrogens is 1. The molecule has 1 aromatic heterocycles. The number of esters is 1. The number of hydrogen-bond acceptors (Lipinski definition) is 5. The lowest BCUT2D eigenvalue weighted by Gasteiger charge is -2.08. The van der Waals surface area contributed by atoms with E-state index in [0.717, 1.165) is 5.39 Å². The average molecular weight is 304 g/mol. The van der Waals surface area contributed by atoms with Crippen LogP contribution in [0.2, 0.25) is 0 Å². The Labute approximate surface area is 132 Å². The topological polar surface area (TPSA) is 72.2 Å². The third-order valence-electron chi connectivity index (χ3n) is 3.16. The summed E-state index contributed by atoms with van der Waals surface area (Å²) in [6, 6.07) is 17.6. The predicted molar refractivity (Wildman–Crippen MR) is 84.0 cm³/mol. The first-order valence-corrected chi connectivity index (χ1v) is 6.93. The lowest BCUT2D eigenvalue weighted by Crippen LogP contribution is -2.17. The van der Waals surface area contributed by atoms with Crippen LogP contribution in [0.1, 0.15) is 5.56 Å². The number of carbonyl (C=O) groups is 1. The molecule has 0 radical (unpaired) electrons. The summed E-state index contributed by atoms with van der Waals surface area (Å²) in [7, 11) is 0. The van der Waals surface area contributed by atoms with E-state index in [1.807, 2.05) is 24.3 Å². The highest BCUT2D eigenvalue weighted by Crippen LogP contribution is 2.23. The lowest BCUT2D eigenvalue weighted by molar-refractivity contribution is -0.136. The summed E-state index contributed by atoms with van der Waals surface area (Å²) in [5, 5.41) is 9.62. The van der Waals surface area contributed by atoms with Crippen LogP contribution in [0, 0.1) is 11.3 Å². The molecule has 0 aliphatic carbocycles. The van der Waals surface area contributed by atoms with Gasteiger partial charge in [0.1, 0.15) is 11.3 Å². The molecule has 0 atom stereocenters. The maximum absolute atomic E-state index is 11.9. The summed E-state index contributed by atoms with van der Waals surface area (Å²) >= 11 is 0.